The van der Waals surface area contributed by atoms with Gasteiger partial charge >= 0.3 is 0 Å². The molecule has 9 heteroatoms. The first-order valence-electron chi connectivity index (χ1n) is 10.7. The van der Waals surface area contributed by atoms with Crippen LogP contribution in [0.1, 0.15) is 13.3 Å². The van der Waals surface area contributed by atoms with E-state index in [1.807, 2.05) is 55.7 Å². The Bertz CT molecular complexity index is 1530. The Labute approximate surface area is 197 Å². The number of aromatic nitrogens is 4. The Morgan fingerprint density at radius 3 is 2.35 bits per heavy atom. The number of nitrogens with two attached hydrogens (primary N) is 1. The van der Waals surface area contributed by atoms with Crippen molar-refractivity contribution in [3.8, 4) is 22.3 Å². The molecule has 0 bridgehead atoms. The van der Waals surface area contributed by atoms with Crippen LogP contribution in [-0.4, -0.2) is 28.4 Å². The van der Waals surface area contributed by atoms with Crippen molar-refractivity contribution in [2.45, 2.75) is 13.3 Å². The lowest BCUT2D eigenvalue weighted by Crippen LogP contribution is -2.22. The van der Waals surface area contributed by atoms with E-state index in [-0.39, 0.29) is 10.8 Å². The summed E-state index contributed by atoms with van der Waals surface area (Å²) in [5, 5.41) is 9.45. The van der Waals surface area contributed by atoms with Crippen molar-refractivity contribution in [3.63, 3.8) is 0 Å². The number of nitrogens with one attached hydrogen (secondary N) is 1. The van der Waals surface area contributed by atoms with Gasteiger partial charge in [0.2, 0.25) is 16.0 Å². The zero-order chi connectivity index (χ0) is 23.7. The maximum absolute atomic E-state index is 11.8. The molecule has 1 atom stereocenters. The number of anilines is 1. The van der Waals surface area contributed by atoms with Crippen molar-refractivity contribution >= 4 is 26.9 Å². The Hall–Kier alpha value is -3.95. The molecule has 1 aromatic carbocycles. The van der Waals surface area contributed by atoms with Gasteiger partial charge in [-0.2, -0.15) is 0 Å². The molecule has 0 aliphatic heterocycles. The third-order valence-corrected chi connectivity index (χ3v) is 6.93. The summed E-state index contributed by atoms with van der Waals surface area (Å²) in [7, 11) is -3.72. The van der Waals surface area contributed by atoms with E-state index in [1.165, 1.54) is 6.08 Å². The first-order valence-corrected chi connectivity index (χ1v) is 12.3. The number of hydrogen-bond donors (Lipinski definition) is 2. The quantitative estimate of drug-likeness (QED) is 0.446. The molecule has 1 unspecified atom stereocenters. The number of rotatable bonds is 5. The first kappa shape index (κ1) is 21.9. The van der Waals surface area contributed by atoms with Crippen molar-refractivity contribution in [1.82, 2.24) is 19.9 Å². The largest absolute Gasteiger partial charge is 0.328 e. The van der Waals surface area contributed by atoms with Crippen LogP contribution < -0.4 is 10.5 Å². The van der Waals surface area contributed by atoms with Gasteiger partial charge in [-0.25, -0.2) is 23.5 Å². The van der Waals surface area contributed by atoms with Gasteiger partial charge in [0.05, 0.1) is 10.4 Å². The predicted octanol–water partition coefficient (Wildman–Crippen LogP) is 4.26. The smallest absolute Gasteiger partial charge is 0.234 e. The van der Waals surface area contributed by atoms with Crippen molar-refractivity contribution in [1.29, 1.82) is 0 Å². The molecule has 34 heavy (non-hydrogen) atoms. The van der Waals surface area contributed by atoms with Crippen molar-refractivity contribution in [2.75, 3.05) is 5.32 Å². The zero-order valence-corrected chi connectivity index (χ0v) is 19.2. The maximum atomic E-state index is 11.8. The van der Waals surface area contributed by atoms with E-state index in [0.717, 1.165) is 38.9 Å². The Morgan fingerprint density at radius 2 is 1.71 bits per heavy atom. The van der Waals surface area contributed by atoms with Gasteiger partial charge in [-0.05, 0) is 42.2 Å². The highest BCUT2D eigenvalue weighted by atomic mass is 32.2. The number of benzene rings is 1. The van der Waals surface area contributed by atoms with Gasteiger partial charge in [0.25, 0.3) is 0 Å². The Kier molecular flexibility index (Phi) is 5.64. The Morgan fingerprint density at radius 1 is 0.971 bits per heavy atom. The summed E-state index contributed by atoms with van der Waals surface area (Å²) in [6, 6.07) is 11.8. The van der Waals surface area contributed by atoms with E-state index >= 15 is 0 Å². The number of primary sulfonamides is 1. The number of sulfonamides is 1. The van der Waals surface area contributed by atoms with Crippen LogP contribution in [0.2, 0.25) is 0 Å². The van der Waals surface area contributed by atoms with E-state index in [0.29, 0.717) is 12.4 Å². The van der Waals surface area contributed by atoms with Crippen molar-refractivity contribution < 1.29 is 8.42 Å². The van der Waals surface area contributed by atoms with Gasteiger partial charge in [-0.15, -0.1) is 0 Å². The summed E-state index contributed by atoms with van der Waals surface area (Å²) in [5.74, 6) is 0.179. The van der Waals surface area contributed by atoms with E-state index in [1.54, 1.807) is 24.7 Å². The molecular weight excluding hydrogens is 448 g/mol. The predicted molar refractivity (Wildman–Crippen MR) is 133 cm³/mol. The number of nitrogens with zero attached hydrogens (tertiary/aromatic N) is 4. The topological polar surface area (TPSA) is 124 Å². The van der Waals surface area contributed by atoms with E-state index in [9.17, 15) is 8.42 Å². The van der Waals surface area contributed by atoms with E-state index < -0.39 is 10.0 Å². The molecule has 3 N–H and O–H groups in total. The second-order valence-electron chi connectivity index (χ2n) is 8.14. The average molecular weight is 471 g/mol. The average Bonchev–Trinajstić information content (AvgIpc) is 2.83. The fourth-order valence-electron chi connectivity index (χ4n) is 4.18. The van der Waals surface area contributed by atoms with Gasteiger partial charge in [-0.3, -0.25) is 9.97 Å². The summed E-state index contributed by atoms with van der Waals surface area (Å²) < 4.78 is 23.5. The van der Waals surface area contributed by atoms with Crippen LogP contribution in [-0.2, 0) is 10.0 Å². The van der Waals surface area contributed by atoms with Crippen LogP contribution in [0, 0.1) is 5.92 Å². The van der Waals surface area contributed by atoms with Gasteiger partial charge in [-0.1, -0.05) is 31.2 Å². The minimum atomic E-state index is -3.72. The molecule has 5 rings (SSSR count). The van der Waals surface area contributed by atoms with Gasteiger partial charge in [0.1, 0.15) is 0 Å². The van der Waals surface area contributed by atoms with Crippen molar-refractivity contribution in [3.05, 3.63) is 90.1 Å². The van der Waals surface area contributed by atoms with E-state index in [4.69, 9.17) is 10.1 Å². The molecule has 0 radical (unpaired) electrons. The van der Waals surface area contributed by atoms with Gasteiger partial charge in [0, 0.05) is 58.8 Å². The Balaban J connectivity index is 1.62. The fourth-order valence-corrected chi connectivity index (χ4v) is 5.08. The van der Waals surface area contributed by atoms with Crippen LogP contribution in [0.25, 0.3) is 33.2 Å². The molecule has 170 valence electrons. The SMILES string of the molecule is CC1CC(Nc2ncc3ccc(-c4cccnc4)c(-c4cccnc4)c3n2)=CC=C1S(N)(=O)=O. The maximum Gasteiger partial charge on any atom is 0.234 e. The van der Waals surface area contributed by atoms with Crippen molar-refractivity contribution in [2.24, 2.45) is 11.1 Å². The molecule has 0 saturated heterocycles. The monoisotopic (exact) mass is 470 g/mol. The summed E-state index contributed by atoms with van der Waals surface area (Å²) in [6.07, 6.45) is 12.6. The summed E-state index contributed by atoms with van der Waals surface area (Å²) in [6.45, 7) is 1.83. The number of pyridine rings is 2. The minimum absolute atomic E-state index is 0.220. The molecule has 1 aliphatic carbocycles. The van der Waals surface area contributed by atoms with Gasteiger partial charge in [0.15, 0.2) is 0 Å². The van der Waals surface area contributed by atoms with Crippen LogP contribution in [0.15, 0.2) is 90.1 Å². The summed E-state index contributed by atoms with van der Waals surface area (Å²) >= 11 is 0. The highest BCUT2D eigenvalue weighted by molar-refractivity contribution is 7.93. The first-order chi connectivity index (χ1) is 16.4. The van der Waals surface area contributed by atoms with E-state index in [2.05, 4.69) is 20.3 Å². The summed E-state index contributed by atoms with van der Waals surface area (Å²) in [4.78, 5) is 18.1. The number of hydrogen-bond acceptors (Lipinski definition) is 7. The molecule has 3 aromatic heterocycles. The van der Waals surface area contributed by atoms with Crippen LogP contribution in [0.3, 0.4) is 0 Å². The van der Waals surface area contributed by atoms with Crippen LogP contribution in [0.5, 0.6) is 0 Å². The molecule has 8 nitrogen and oxygen atoms in total. The van der Waals surface area contributed by atoms with Crippen LogP contribution in [0.4, 0.5) is 5.95 Å². The molecule has 0 fully saturated rings. The fraction of sp³-hybridized carbons (Fsp3) is 0.120. The molecule has 3 heterocycles. The molecule has 4 aromatic rings. The normalized spacial score (nSPS) is 16.1. The molecule has 0 amide bonds. The lowest BCUT2D eigenvalue weighted by atomic mass is 9.94. The molecular formula is C25H22N6O2S. The number of allylic oxidation sites excluding steroid dienone is 4. The molecule has 0 spiro atoms. The third-order valence-electron chi connectivity index (χ3n) is 5.74. The zero-order valence-electron chi connectivity index (χ0n) is 18.4. The third kappa shape index (κ3) is 4.30. The highest BCUT2D eigenvalue weighted by Crippen LogP contribution is 2.37. The standard InChI is InChI=1S/C25H22N6O2S/c1-16-12-20(7-9-22(16)34(26,32)33)30-25-29-15-19-6-8-21(17-4-2-10-27-13-17)23(24(19)31-25)18-5-3-11-28-14-18/h2-11,13-16H,12H2,1H3,(H2,26,32,33)(H,29,30,31). The second-order valence-corrected chi connectivity index (χ2v) is 9.70. The van der Waals surface area contributed by atoms with Crippen LogP contribution >= 0.6 is 0 Å². The second kappa shape index (κ2) is 8.77. The lowest BCUT2D eigenvalue weighted by molar-refractivity contribution is 0.590. The summed E-state index contributed by atoms with van der Waals surface area (Å²) in [5.41, 5.74) is 5.42. The minimum Gasteiger partial charge on any atom is -0.328 e. The molecule has 0 saturated carbocycles. The lowest BCUT2D eigenvalue weighted by Gasteiger charge is -2.21. The number of fused-ring (bicyclic) bond motifs is 1. The van der Waals surface area contributed by atoms with Gasteiger partial charge < -0.3 is 5.32 Å². The highest BCUT2D eigenvalue weighted by Gasteiger charge is 2.23. The molecule has 1 aliphatic rings.